The van der Waals surface area contributed by atoms with Gasteiger partial charge in [-0.2, -0.15) is 0 Å². The second-order valence-corrected chi connectivity index (χ2v) is 5.45. The Morgan fingerprint density at radius 3 is 2.18 bits per heavy atom. The van der Waals surface area contributed by atoms with Crippen molar-refractivity contribution in [1.82, 2.24) is 0 Å². The topological polar surface area (TPSA) is 20.2 Å². The SMILES string of the molecule is Cc1ccc(C(CO)C2CCCCCC2)cc1. The number of hydrogen-bond acceptors (Lipinski definition) is 1. The molecule has 1 saturated carbocycles. The summed E-state index contributed by atoms with van der Waals surface area (Å²) in [5.41, 5.74) is 2.62. The predicted octanol–water partition coefficient (Wildman–Crippen LogP) is 4.04. The summed E-state index contributed by atoms with van der Waals surface area (Å²) in [5.74, 6) is 1.04. The summed E-state index contributed by atoms with van der Waals surface area (Å²) >= 11 is 0. The molecule has 0 amide bonds. The van der Waals surface area contributed by atoms with Gasteiger partial charge in [0.25, 0.3) is 0 Å². The Morgan fingerprint density at radius 1 is 1.06 bits per heavy atom. The van der Waals surface area contributed by atoms with Gasteiger partial charge in [0, 0.05) is 5.92 Å². The number of aliphatic hydroxyl groups is 1. The van der Waals surface area contributed by atoms with Gasteiger partial charge in [-0.3, -0.25) is 0 Å². The lowest BCUT2D eigenvalue weighted by molar-refractivity contribution is 0.214. The van der Waals surface area contributed by atoms with Gasteiger partial charge in [-0.05, 0) is 31.2 Å². The van der Waals surface area contributed by atoms with Gasteiger partial charge in [0.15, 0.2) is 0 Å². The first kappa shape index (κ1) is 12.6. The fourth-order valence-corrected chi connectivity index (χ4v) is 3.05. The van der Waals surface area contributed by atoms with E-state index in [1.807, 2.05) is 0 Å². The predicted molar refractivity (Wildman–Crippen MR) is 72.2 cm³/mol. The molecule has 1 aliphatic carbocycles. The molecule has 0 radical (unpaired) electrons. The average Bonchev–Trinajstić information content (AvgIpc) is 2.62. The molecule has 1 nitrogen and oxygen atoms in total. The molecule has 1 fully saturated rings. The molecule has 1 aromatic rings. The van der Waals surface area contributed by atoms with Crippen LogP contribution >= 0.6 is 0 Å². The number of aryl methyl sites for hydroxylation is 1. The van der Waals surface area contributed by atoms with E-state index >= 15 is 0 Å². The lowest BCUT2D eigenvalue weighted by atomic mass is 9.82. The monoisotopic (exact) mass is 232 g/mol. The van der Waals surface area contributed by atoms with E-state index < -0.39 is 0 Å². The molecular weight excluding hydrogens is 208 g/mol. The molecule has 0 heterocycles. The van der Waals surface area contributed by atoms with E-state index in [1.165, 1.54) is 49.7 Å². The fourth-order valence-electron chi connectivity index (χ4n) is 3.05. The van der Waals surface area contributed by atoms with Crippen LogP contribution in [0, 0.1) is 12.8 Å². The van der Waals surface area contributed by atoms with Crippen LogP contribution < -0.4 is 0 Å². The molecule has 1 N–H and O–H groups in total. The Hall–Kier alpha value is -0.820. The molecule has 17 heavy (non-hydrogen) atoms. The summed E-state index contributed by atoms with van der Waals surface area (Å²) in [5, 5.41) is 9.69. The van der Waals surface area contributed by atoms with Crippen LogP contribution in [0.3, 0.4) is 0 Å². The Labute approximate surface area is 105 Å². The van der Waals surface area contributed by atoms with Crippen molar-refractivity contribution in [1.29, 1.82) is 0 Å². The van der Waals surface area contributed by atoms with E-state index in [0.717, 1.165) is 0 Å². The van der Waals surface area contributed by atoms with Crippen molar-refractivity contribution in [2.75, 3.05) is 6.61 Å². The van der Waals surface area contributed by atoms with E-state index in [4.69, 9.17) is 0 Å². The third kappa shape index (κ3) is 3.32. The second-order valence-electron chi connectivity index (χ2n) is 5.45. The van der Waals surface area contributed by atoms with E-state index in [1.54, 1.807) is 0 Å². The zero-order valence-corrected chi connectivity index (χ0v) is 10.9. The standard InChI is InChI=1S/C16H24O/c1-13-8-10-15(11-9-13)16(12-17)14-6-4-2-3-5-7-14/h8-11,14,16-17H,2-7,12H2,1H3. The van der Waals surface area contributed by atoms with Crippen molar-refractivity contribution >= 4 is 0 Å². The molecule has 0 bridgehead atoms. The van der Waals surface area contributed by atoms with Crippen molar-refractivity contribution in [2.45, 2.75) is 51.4 Å². The third-order valence-corrected chi connectivity index (χ3v) is 4.17. The largest absolute Gasteiger partial charge is 0.396 e. The first-order chi connectivity index (χ1) is 8.31. The van der Waals surface area contributed by atoms with Gasteiger partial charge in [0.2, 0.25) is 0 Å². The first-order valence-electron chi connectivity index (χ1n) is 6.98. The van der Waals surface area contributed by atoms with E-state index in [-0.39, 0.29) is 0 Å². The minimum atomic E-state index is 0.299. The number of rotatable bonds is 3. The lowest BCUT2D eigenvalue weighted by Gasteiger charge is -2.25. The van der Waals surface area contributed by atoms with Crippen LogP contribution in [-0.4, -0.2) is 11.7 Å². The van der Waals surface area contributed by atoms with E-state index in [9.17, 15) is 5.11 Å². The molecule has 1 heteroatoms. The fraction of sp³-hybridized carbons (Fsp3) is 0.625. The smallest absolute Gasteiger partial charge is 0.0502 e. The quantitative estimate of drug-likeness (QED) is 0.780. The van der Waals surface area contributed by atoms with Gasteiger partial charge in [-0.15, -0.1) is 0 Å². The van der Waals surface area contributed by atoms with Crippen LogP contribution in [0.4, 0.5) is 0 Å². The molecule has 0 aromatic heterocycles. The summed E-state index contributed by atoms with van der Waals surface area (Å²) in [6.45, 7) is 2.41. The number of benzene rings is 1. The minimum absolute atomic E-state index is 0.299. The molecule has 94 valence electrons. The number of aliphatic hydroxyl groups excluding tert-OH is 1. The van der Waals surface area contributed by atoms with Crippen LogP contribution in [0.15, 0.2) is 24.3 Å². The summed E-state index contributed by atoms with van der Waals surface area (Å²) in [4.78, 5) is 0. The van der Waals surface area contributed by atoms with Crippen molar-refractivity contribution in [3.63, 3.8) is 0 Å². The zero-order valence-electron chi connectivity index (χ0n) is 10.9. The molecule has 1 atom stereocenters. The molecular formula is C16H24O. The van der Waals surface area contributed by atoms with Crippen molar-refractivity contribution in [3.8, 4) is 0 Å². The molecule has 0 saturated heterocycles. The molecule has 2 rings (SSSR count). The van der Waals surface area contributed by atoms with Gasteiger partial charge < -0.3 is 5.11 Å². The summed E-state index contributed by atoms with van der Waals surface area (Å²) in [6, 6.07) is 8.71. The van der Waals surface area contributed by atoms with E-state index in [0.29, 0.717) is 18.4 Å². The van der Waals surface area contributed by atoms with Gasteiger partial charge in [-0.25, -0.2) is 0 Å². The van der Waals surface area contributed by atoms with Crippen LogP contribution in [-0.2, 0) is 0 Å². The molecule has 1 aromatic carbocycles. The van der Waals surface area contributed by atoms with Crippen LogP contribution in [0.2, 0.25) is 0 Å². The van der Waals surface area contributed by atoms with Gasteiger partial charge >= 0.3 is 0 Å². The van der Waals surface area contributed by atoms with Crippen molar-refractivity contribution in [2.24, 2.45) is 5.92 Å². The molecule has 0 spiro atoms. The van der Waals surface area contributed by atoms with E-state index in [2.05, 4.69) is 31.2 Å². The normalized spacial score (nSPS) is 19.9. The maximum Gasteiger partial charge on any atom is 0.0502 e. The second kappa shape index (κ2) is 6.20. The van der Waals surface area contributed by atoms with Crippen molar-refractivity contribution < 1.29 is 5.11 Å². The summed E-state index contributed by atoms with van der Waals surface area (Å²) in [7, 11) is 0. The van der Waals surface area contributed by atoms with Gasteiger partial charge in [0.05, 0.1) is 6.61 Å². The number of hydrogen-bond donors (Lipinski definition) is 1. The minimum Gasteiger partial charge on any atom is -0.396 e. The highest BCUT2D eigenvalue weighted by Crippen LogP contribution is 2.34. The van der Waals surface area contributed by atoms with Crippen molar-refractivity contribution in [3.05, 3.63) is 35.4 Å². The van der Waals surface area contributed by atoms with Gasteiger partial charge in [-0.1, -0.05) is 55.5 Å². The molecule has 1 unspecified atom stereocenters. The third-order valence-electron chi connectivity index (χ3n) is 4.17. The van der Waals surface area contributed by atoms with Gasteiger partial charge in [0.1, 0.15) is 0 Å². The zero-order chi connectivity index (χ0) is 12.1. The average molecular weight is 232 g/mol. The van der Waals surface area contributed by atoms with Crippen LogP contribution in [0.25, 0.3) is 0 Å². The van der Waals surface area contributed by atoms with Crippen LogP contribution in [0.1, 0.15) is 55.6 Å². The first-order valence-corrected chi connectivity index (χ1v) is 6.98. The summed E-state index contributed by atoms with van der Waals surface area (Å²) < 4.78 is 0. The maximum absolute atomic E-state index is 9.69. The Bertz CT molecular complexity index is 320. The maximum atomic E-state index is 9.69. The highest BCUT2D eigenvalue weighted by Gasteiger charge is 2.23. The Balaban J connectivity index is 2.11. The summed E-state index contributed by atoms with van der Waals surface area (Å²) in [6.07, 6.45) is 8.02. The highest BCUT2D eigenvalue weighted by molar-refractivity contribution is 5.25. The lowest BCUT2D eigenvalue weighted by Crippen LogP contribution is -2.16. The molecule has 1 aliphatic rings. The highest BCUT2D eigenvalue weighted by atomic mass is 16.3. The van der Waals surface area contributed by atoms with Crippen LogP contribution in [0.5, 0.6) is 0 Å². The Kier molecular flexibility index (Phi) is 4.61. The molecule has 0 aliphatic heterocycles. The Morgan fingerprint density at radius 2 is 1.65 bits per heavy atom.